The van der Waals surface area contributed by atoms with Crippen LogP contribution in [0.15, 0.2) is 24.8 Å². The first-order valence-corrected chi connectivity index (χ1v) is 9.65. The summed E-state index contributed by atoms with van der Waals surface area (Å²) in [5, 5.41) is 0. The number of rotatable bonds is 4. The molecule has 0 bridgehead atoms. The van der Waals surface area contributed by atoms with Crippen molar-refractivity contribution in [2.45, 2.75) is 70.6 Å². The van der Waals surface area contributed by atoms with Crippen LogP contribution < -0.4 is 0 Å². The zero-order valence-electron chi connectivity index (χ0n) is 14.9. The molecule has 0 unspecified atom stereocenters. The molecule has 0 heterocycles. The van der Waals surface area contributed by atoms with Gasteiger partial charge in [0.05, 0.1) is 0 Å². The van der Waals surface area contributed by atoms with Gasteiger partial charge in [-0.2, -0.15) is 0 Å². The Kier molecular flexibility index (Phi) is 5.73. The van der Waals surface area contributed by atoms with E-state index in [1.807, 2.05) is 0 Å². The molecule has 2 fully saturated rings. The molecule has 1 aromatic rings. The molecular weight excluding hydrogens is 302 g/mol. The molecule has 0 radical (unpaired) electrons. The lowest BCUT2D eigenvalue weighted by Gasteiger charge is -2.38. The molecule has 0 nitrogen and oxygen atoms in total. The molecule has 136 valence electrons. The molecule has 0 aliphatic heterocycles. The highest BCUT2D eigenvalue weighted by atomic mass is 19.2. The average molecular weight is 337 g/mol. The Morgan fingerprint density at radius 1 is 0.958 bits per heavy atom. The highest BCUT2D eigenvalue weighted by molar-refractivity contribution is 5.28. The first-order valence-electron chi connectivity index (χ1n) is 9.65. The van der Waals surface area contributed by atoms with Gasteiger partial charge in [0.1, 0.15) is 0 Å². The maximum Gasteiger partial charge on any atom is 0.162 e. The van der Waals surface area contributed by atoms with E-state index in [9.17, 15) is 8.78 Å². The fraction of sp³-hybridized carbons (Fsp3) is 0.636. The van der Waals surface area contributed by atoms with Crippen molar-refractivity contribution in [3.8, 4) is 0 Å². The molecular formula is C22H34F2. The van der Waals surface area contributed by atoms with E-state index in [4.69, 9.17) is 0 Å². The Labute approximate surface area is 148 Å². The number of halogens is 2. The lowest BCUT2D eigenvalue weighted by Crippen LogP contribution is -2.25. The van der Waals surface area contributed by atoms with Gasteiger partial charge in [-0.25, -0.2) is 8.78 Å². The van der Waals surface area contributed by atoms with Crippen LogP contribution in [0.25, 0.3) is 0 Å². The van der Waals surface area contributed by atoms with Crippen LogP contribution in [-0.4, -0.2) is 0 Å². The number of hydrogen-bond donors (Lipinski definition) is 0. The van der Waals surface area contributed by atoms with Crippen molar-refractivity contribution in [1.82, 2.24) is 0 Å². The molecule has 0 N–H and O–H groups in total. The zero-order valence-corrected chi connectivity index (χ0v) is 14.9. The third-order valence-corrected chi connectivity index (χ3v) is 6.58. The van der Waals surface area contributed by atoms with Gasteiger partial charge < -0.3 is 0 Å². The van der Waals surface area contributed by atoms with E-state index in [-0.39, 0.29) is 8.77 Å². The minimum atomic E-state index is -0.657. The fourth-order valence-electron chi connectivity index (χ4n) is 5.01. The highest BCUT2D eigenvalue weighted by Crippen LogP contribution is 2.44. The van der Waals surface area contributed by atoms with Crippen LogP contribution in [0.2, 0.25) is 0 Å². The maximum absolute atomic E-state index is 14.2. The minimum Gasteiger partial charge on any atom is -0.203 e. The first-order chi connectivity index (χ1) is 11.6. The van der Waals surface area contributed by atoms with Gasteiger partial charge in [0.15, 0.2) is 11.6 Å². The van der Waals surface area contributed by atoms with Gasteiger partial charge in [-0.3, -0.25) is 0 Å². The molecule has 0 aromatic heterocycles. The highest BCUT2D eigenvalue weighted by Gasteiger charge is 2.32. The second-order valence-electron chi connectivity index (χ2n) is 8.02. The van der Waals surface area contributed by atoms with Gasteiger partial charge in [0.25, 0.3) is 0 Å². The predicted molar refractivity (Wildman–Crippen MR) is 100 cm³/mol. The van der Waals surface area contributed by atoms with Gasteiger partial charge in [0, 0.05) is 2.85 Å². The van der Waals surface area contributed by atoms with E-state index in [1.165, 1.54) is 38.5 Å². The van der Waals surface area contributed by atoms with Crippen molar-refractivity contribution in [2.24, 2.45) is 17.8 Å². The van der Waals surface area contributed by atoms with Gasteiger partial charge >= 0.3 is 0 Å². The van der Waals surface area contributed by atoms with Crippen LogP contribution in [0.5, 0.6) is 0 Å². The smallest absolute Gasteiger partial charge is 0.162 e. The summed E-state index contributed by atoms with van der Waals surface area (Å²) in [5.74, 6) is 1.43. The maximum atomic E-state index is 14.2. The number of benzene rings is 1. The number of allylic oxidation sites excluding steroid dienone is 1. The summed E-state index contributed by atoms with van der Waals surface area (Å²) >= 11 is 0. The van der Waals surface area contributed by atoms with Crippen LogP contribution >= 0.6 is 0 Å². The number of aryl methyl sites for hydroxylation is 1. The molecule has 0 saturated heterocycles. The topological polar surface area (TPSA) is 0 Å². The van der Waals surface area contributed by atoms with Crippen molar-refractivity contribution in [3.05, 3.63) is 47.5 Å². The van der Waals surface area contributed by atoms with E-state index in [2.05, 4.69) is 12.7 Å². The monoisotopic (exact) mass is 336 g/mol. The second-order valence-corrected chi connectivity index (χ2v) is 8.02. The normalized spacial score (nSPS) is 31.0. The van der Waals surface area contributed by atoms with Gasteiger partial charge in [-0.1, -0.05) is 18.2 Å². The lowest BCUT2D eigenvalue weighted by atomic mass is 9.68. The second kappa shape index (κ2) is 7.80. The minimum absolute atomic E-state index is 0. The van der Waals surface area contributed by atoms with Gasteiger partial charge in [-0.15, -0.1) is 6.58 Å². The molecule has 0 atom stereocenters. The molecule has 3 rings (SSSR count). The van der Waals surface area contributed by atoms with Crippen molar-refractivity contribution in [1.29, 1.82) is 0 Å². The molecule has 2 heteroatoms. The van der Waals surface area contributed by atoms with Crippen LogP contribution in [0, 0.1) is 36.3 Å². The van der Waals surface area contributed by atoms with Crippen molar-refractivity contribution in [3.63, 3.8) is 0 Å². The Balaban J connectivity index is 0.00000169. The Hall–Kier alpha value is -1.18. The summed E-state index contributed by atoms with van der Waals surface area (Å²) in [5.41, 5.74) is 1.01. The lowest BCUT2D eigenvalue weighted by molar-refractivity contribution is 0.160. The Morgan fingerprint density at radius 2 is 1.54 bits per heavy atom. The predicted octanol–water partition coefficient (Wildman–Crippen LogP) is 7.42. The van der Waals surface area contributed by atoms with Crippen molar-refractivity contribution < 1.29 is 11.6 Å². The third-order valence-electron chi connectivity index (χ3n) is 6.58. The van der Waals surface area contributed by atoms with Crippen molar-refractivity contribution >= 4 is 0 Å². The van der Waals surface area contributed by atoms with Crippen molar-refractivity contribution in [2.75, 3.05) is 0 Å². The van der Waals surface area contributed by atoms with E-state index in [1.54, 1.807) is 19.1 Å². The molecule has 2 aliphatic rings. The Bertz CT molecular complexity index is 572. The largest absolute Gasteiger partial charge is 0.203 e. The van der Waals surface area contributed by atoms with Crippen LogP contribution in [0.3, 0.4) is 0 Å². The molecule has 2 aliphatic carbocycles. The molecule has 0 amide bonds. The van der Waals surface area contributed by atoms with E-state index >= 15 is 0 Å². The molecule has 1 aromatic carbocycles. The number of hydrogen-bond acceptors (Lipinski definition) is 0. The summed E-state index contributed by atoms with van der Waals surface area (Å²) in [7, 11) is 0. The Morgan fingerprint density at radius 3 is 2.12 bits per heavy atom. The van der Waals surface area contributed by atoms with E-state index < -0.39 is 11.6 Å². The summed E-state index contributed by atoms with van der Waals surface area (Å²) < 4.78 is 28.1. The van der Waals surface area contributed by atoms with Crippen LogP contribution in [0.4, 0.5) is 8.78 Å². The van der Waals surface area contributed by atoms with E-state index in [0.29, 0.717) is 11.1 Å². The fourth-order valence-corrected chi connectivity index (χ4v) is 5.01. The van der Waals surface area contributed by atoms with Crippen LogP contribution in [0.1, 0.15) is 77.7 Å². The zero-order chi connectivity index (χ0) is 17.1. The quantitative estimate of drug-likeness (QED) is 0.502. The summed E-state index contributed by atoms with van der Waals surface area (Å²) in [6.45, 7) is 5.49. The van der Waals surface area contributed by atoms with Gasteiger partial charge in [-0.05, 0) is 99.5 Å². The third kappa shape index (κ3) is 3.73. The summed E-state index contributed by atoms with van der Waals surface area (Å²) in [6, 6.07) is 3.53. The average Bonchev–Trinajstić information content (AvgIpc) is 2.61. The van der Waals surface area contributed by atoms with Gasteiger partial charge in [0.2, 0.25) is 0 Å². The standard InChI is InChI=1S/C22H30F2.2H2/c1-3-4-16-6-8-17(9-7-16)18-10-12-19(13-11-18)20-14-5-15(2)21(23)22(20)24;;/h3,5,14,16-19H,1,4,6-13H2,2H3;2*1H. The summed E-state index contributed by atoms with van der Waals surface area (Å²) in [4.78, 5) is 0. The molecule has 0 spiro atoms. The van der Waals surface area contributed by atoms with Crippen LogP contribution in [-0.2, 0) is 0 Å². The SMILES string of the molecule is C=CCC1CCC(C2CCC(c3ccc(C)c(F)c3F)CC2)CC1.[HH].[HH]. The first kappa shape index (κ1) is 17.6. The molecule has 2 saturated carbocycles. The summed E-state index contributed by atoms with van der Waals surface area (Å²) in [6.07, 6.45) is 13.0. The molecule has 24 heavy (non-hydrogen) atoms. The van der Waals surface area contributed by atoms with E-state index in [0.717, 1.165) is 37.0 Å².